The van der Waals surface area contributed by atoms with Crippen molar-refractivity contribution < 1.29 is 24.0 Å². The number of hydrogen-bond acceptors (Lipinski definition) is 8. The van der Waals surface area contributed by atoms with Crippen LogP contribution in [-0.2, 0) is 9.59 Å². The number of nitro benzene ring substituents is 1. The van der Waals surface area contributed by atoms with Crippen LogP contribution < -0.4 is 14.4 Å². The average molecular weight is 452 g/mol. The molecule has 1 fully saturated rings. The molecule has 1 saturated heterocycles. The Morgan fingerprint density at radius 3 is 2.15 bits per heavy atom. The third-order valence-electron chi connectivity index (χ3n) is 5.87. The summed E-state index contributed by atoms with van der Waals surface area (Å²) in [5, 5.41) is 11.1. The number of ether oxygens (including phenoxy) is 2. The lowest BCUT2D eigenvalue weighted by Gasteiger charge is -2.34. The van der Waals surface area contributed by atoms with Crippen molar-refractivity contribution in [3.8, 4) is 11.5 Å². The average Bonchev–Trinajstić information content (AvgIpc) is 3.09. The number of nitro groups is 1. The topological polar surface area (TPSA) is 105 Å². The zero-order valence-corrected chi connectivity index (χ0v) is 18.6. The predicted octanol–water partition coefficient (Wildman–Crippen LogP) is 2.14. The van der Waals surface area contributed by atoms with Crippen LogP contribution in [0.3, 0.4) is 0 Å². The number of imide groups is 1. The summed E-state index contributed by atoms with van der Waals surface area (Å²) in [6.07, 6.45) is 0. The molecule has 4 rings (SSSR count). The molecule has 0 aliphatic carbocycles. The number of rotatable bonds is 6. The summed E-state index contributed by atoms with van der Waals surface area (Å²) in [7, 11) is 4.97. The molecular weight excluding hydrogens is 428 g/mol. The van der Waals surface area contributed by atoms with Crippen molar-refractivity contribution in [2.75, 3.05) is 52.3 Å². The molecule has 0 bridgehead atoms. The van der Waals surface area contributed by atoms with E-state index >= 15 is 0 Å². The minimum Gasteiger partial charge on any atom is -0.497 e. The minimum atomic E-state index is -0.508. The Hall–Kier alpha value is -3.92. The molecule has 2 aromatic rings. The number of hydrogen-bond donors (Lipinski definition) is 0. The van der Waals surface area contributed by atoms with Gasteiger partial charge < -0.3 is 19.3 Å². The number of likely N-dealkylation sites (N-methyl/N-ethyl adjacent to an activating group) is 1. The first-order valence-corrected chi connectivity index (χ1v) is 10.4. The van der Waals surface area contributed by atoms with Crippen molar-refractivity contribution >= 4 is 28.8 Å². The number of amides is 2. The fourth-order valence-electron chi connectivity index (χ4n) is 4.04. The fraction of sp³-hybridized carbons (Fsp3) is 0.304. The van der Waals surface area contributed by atoms with Crippen LogP contribution >= 0.6 is 0 Å². The monoisotopic (exact) mass is 452 g/mol. The second-order valence-corrected chi connectivity index (χ2v) is 7.80. The Morgan fingerprint density at radius 1 is 0.909 bits per heavy atom. The van der Waals surface area contributed by atoms with Gasteiger partial charge in [0.05, 0.1) is 30.4 Å². The highest BCUT2D eigenvalue weighted by atomic mass is 16.6. The smallest absolute Gasteiger partial charge is 0.282 e. The number of anilines is 1. The molecule has 0 aromatic heterocycles. The van der Waals surface area contributed by atoms with Crippen LogP contribution in [0, 0.1) is 10.1 Å². The Kier molecular flexibility index (Phi) is 6.01. The molecule has 2 aliphatic heterocycles. The third kappa shape index (κ3) is 4.00. The first-order valence-electron chi connectivity index (χ1n) is 10.4. The van der Waals surface area contributed by atoms with Crippen molar-refractivity contribution in [2.24, 2.45) is 0 Å². The number of benzene rings is 2. The Bertz CT molecular complexity index is 1140. The molecular formula is C23H24N4O6. The van der Waals surface area contributed by atoms with E-state index in [4.69, 9.17) is 9.47 Å². The van der Waals surface area contributed by atoms with Crippen LogP contribution in [0.2, 0.25) is 0 Å². The van der Waals surface area contributed by atoms with Gasteiger partial charge in [0.1, 0.15) is 17.2 Å². The van der Waals surface area contributed by atoms with Gasteiger partial charge in [-0.3, -0.25) is 19.7 Å². The van der Waals surface area contributed by atoms with E-state index < -0.39 is 16.7 Å². The number of non-ortho nitro benzene ring substituents is 1. The van der Waals surface area contributed by atoms with Crippen LogP contribution in [0.4, 0.5) is 11.4 Å². The summed E-state index contributed by atoms with van der Waals surface area (Å²) in [4.78, 5) is 43.1. The van der Waals surface area contributed by atoms with Gasteiger partial charge in [0.15, 0.2) is 0 Å². The fourth-order valence-corrected chi connectivity index (χ4v) is 4.04. The lowest BCUT2D eigenvalue weighted by atomic mass is 10.0. The zero-order valence-electron chi connectivity index (χ0n) is 18.6. The van der Waals surface area contributed by atoms with Crippen molar-refractivity contribution in [3.63, 3.8) is 0 Å². The second-order valence-electron chi connectivity index (χ2n) is 7.80. The van der Waals surface area contributed by atoms with Gasteiger partial charge >= 0.3 is 0 Å². The molecule has 172 valence electrons. The first kappa shape index (κ1) is 22.3. The lowest BCUT2D eigenvalue weighted by Crippen LogP contribution is -2.46. The predicted molar refractivity (Wildman–Crippen MR) is 121 cm³/mol. The van der Waals surface area contributed by atoms with E-state index in [1.54, 1.807) is 18.2 Å². The second kappa shape index (κ2) is 8.91. The van der Waals surface area contributed by atoms with Crippen molar-refractivity contribution in [3.05, 3.63) is 63.8 Å². The largest absolute Gasteiger partial charge is 0.497 e. The lowest BCUT2D eigenvalue weighted by molar-refractivity contribution is -0.384. The maximum absolute atomic E-state index is 13.7. The molecule has 2 amide bonds. The van der Waals surface area contributed by atoms with Crippen LogP contribution in [0.5, 0.6) is 11.5 Å². The summed E-state index contributed by atoms with van der Waals surface area (Å²) in [5.41, 5.74) is 1.17. The molecule has 0 saturated carbocycles. The summed E-state index contributed by atoms with van der Waals surface area (Å²) in [6, 6.07) is 10.5. The van der Waals surface area contributed by atoms with E-state index in [2.05, 4.69) is 4.90 Å². The number of carbonyl (C=O) groups is 2. The van der Waals surface area contributed by atoms with Gasteiger partial charge in [-0.05, 0) is 36.9 Å². The summed E-state index contributed by atoms with van der Waals surface area (Å²) < 4.78 is 10.7. The van der Waals surface area contributed by atoms with Gasteiger partial charge in [-0.1, -0.05) is 0 Å². The zero-order chi connectivity index (χ0) is 23.7. The Morgan fingerprint density at radius 2 is 1.58 bits per heavy atom. The molecule has 10 nitrogen and oxygen atoms in total. The van der Waals surface area contributed by atoms with Gasteiger partial charge in [-0.25, -0.2) is 4.90 Å². The SMILES string of the molecule is COc1ccc(N2C(=O)C(c3ccc([N+](=O)[O-])cc3)=C(N3CCN(C)CC3)C2=O)c(OC)c1. The quantitative estimate of drug-likeness (QED) is 0.373. The van der Waals surface area contributed by atoms with Gasteiger partial charge in [-0.15, -0.1) is 0 Å². The van der Waals surface area contributed by atoms with E-state index in [1.165, 1.54) is 38.5 Å². The molecule has 33 heavy (non-hydrogen) atoms. The highest BCUT2D eigenvalue weighted by Gasteiger charge is 2.44. The molecule has 0 spiro atoms. The van der Waals surface area contributed by atoms with Crippen LogP contribution in [-0.4, -0.2) is 74.0 Å². The maximum atomic E-state index is 13.7. The van der Waals surface area contributed by atoms with Crippen molar-refractivity contribution in [1.82, 2.24) is 9.80 Å². The maximum Gasteiger partial charge on any atom is 0.282 e. The van der Waals surface area contributed by atoms with Gasteiger partial charge in [0, 0.05) is 44.4 Å². The van der Waals surface area contributed by atoms with E-state index in [9.17, 15) is 19.7 Å². The molecule has 0 radical (unpaired) electrons. The Labute approximate surface area is 190 Å². The van der Waals surface area contributed by atoms with Crippen LogP contribution in [0.15, 0.2) is 48.2 Å². The van der Waals surface area contributed by atoms with E-state index in [-0.39, 0.29) is 11.3 Å². The highest BCUT2D eigenvalue weighted by Crippen LogP contribution is 2.40. The number of carbonyl (C=O) groups excluding carboxylic acids is 2. The molecule has 2 aliphatic rings. The Balaban J connectivity index is 1.82. The van der Waals surface area contributed by atoms with Gasteiger partial charge in [-0.2, -0.15) is 0 Å². The van der Waals surface area contributed by atoms with Crippen molar-refractivity contribution in [1.29, 1.82) is 0 Å². The molecule has 2 heterocycles. The third-order valence-corrected chi connectivity index (χ3v) is 5.87. The number of piperazine rings is 1. The van der Waals surface area contributed by atoms with E-state index in [1.807, 2.05) is 11.9 Å². The summed E-state index contributed by atoms with van der Waals surface area (Å²) in [6.45, 7) is 2.64. The molecule has 10 heteroatoms. The van der Waals surface area contributed by atoms with Gasteiger partial charge in [0.2, 0.25) is 0 Å². The molecule has 0 N–H and O–H groups in total. The van der Waals surface area contributed by atoms with E-state index in [0.29, 0.717) is 41.5 Å². The van der Waals surface area contributed by atoms with Crippen LogP contribution in [0.25, 0.3) is 5.57 Å². The number of nitrogens with zero attached hydrogens (tertiary/aromatic N) is 4. The van der Waals surface area contributed by atoms with E-state index in [0.717, 1.165) is 18.0 Å². The first-order chi connectivity index (χ1) is 15.8. The molecule has 2 aromatic carbocycles. The summed E-state index contributed by atoms with van der Waals surface area (Å²) >= 11 is 0. The normalized spacial score (nSPS) is 17.1. The van der Waals surface area contributed by atoms with Crippen LogP contribution in [0.1, 0.15) is 5.56 Å². The summed E-state index contributed by atoms with van der Waals surface area (Å²) in [5.74, 6) is -0.121. The van der Waals surface area contributed by atoms with Gasteiger partial charge in [0.25, 0.3) is 17.5 Å². The number of methoxy groups -OCH3 is 2. The highest BCUT2D eigenvalue weighted by molar-refractivity contribution is 6.45. The minimum absolute atomic E-state index is 0.0917. The standard InChI is InChI=1S/C23H24N4O6/c1-24-10-12-25(13-11-24)21-20(15-4-6-16(7-5-15)27(30)31)22(28)26(23(21)29)18-9-8-17(32-2)14-19(18)33-3/h4-9,14H,10-13H2,1-3H3. The molecule has 0 atom stereocenters. The van der Waals surface area contributed by atoms with Crippen molar-refractivity contribution in [2.45, 2.75) is 0 Å². The molecule has 0 unspecified atom stereocenters.